The standard InChI is InChI=1S/C15H25N3O3S.ClH/c1-3-12(2)18-22(20,21)14-8-6-13(7-9-14)15(19)17-11-5-4-10-16;/h6-9,12,18H,3-5,10-11,16H2,1-2H3,(H,17,19);1H. The molecule has 8 heteroatoms. The third kappa shape index (κ3) is 7.30. The van der Waals surface area contributed by atoms with Crippen LogP contribution in [0.4, 0.5) is 0 Å². The first-order valence-electron chi connectivity index (χ1n) is 7.51. The van der Waals surface area contributed by atoms with Crippen LogP contribution in [0.5, 0.6) is 0 Å². The molecule has 1 unspecified atom stereocenters. The van der Waals surface area contributed by atoms with Crippen molar-refractivity contribution in [1.82, 2.24) is 10.0 Å². The summed E-state index contributed by atoms with van der Waals surface area (Å²) in [6.07, 6.45) is 2.40. The van der Waals surface area contributed by atoms with Crippen molar-refractivity contribution >= 4 is 28.3 Å². The summed E-state index contributed by atoms with van der Waals surface area (Å²) in [6.45, 7) is 4.88. The highest BCUT2D eigenvalue weighted by Crippen LogP contribution is 2.11. The fraction of sp³-hybridized carbons (Fsp3) is 0.533. The zero-order chi connectivity index (χ0) is 16.6. The third-order valence-electron chi connectivity index (χ3n) is 3.31. The minimum Gasteiger partial charge on any atom is -0.352 e. The SMILES string of the molecule is CCC(C)NS(=O)(=O)c1ccc(C(=O)NCCCCN)cc1.Cl. The highest BCUT2D eigenvalue weighted by molar-refractivity contribution is 7.89. The maximum Gasteiger partial charge on any atom is 0.251 e. The van der Waals surface area contributed by atoms with Gasteiger partial charge in [-0.15, -0.1) is 12.4 Å². The van der Waals surface area contributed by atoms with E-state index in [-0.39, 0.29) is 29.3 Å². The summed E-state index contributed by atoms with van der Waals surface area (Å²) >= 11 is 0. The van der Waals surface area contributed by atoms with Crippen molar-refractivity contribution in [3.8, 4) is 0 Å². The van der Waals surface area contributed by atoms with E-state index in [1.54, 1.807) is 6.92 Å². The van der Waals surface area contributed by atoms with Gasteiger partial charge in [0.25, 0.3) is 5.91 Å². The lowest BCUT2D eigenvalue weighted by molar-refractivity contribution is 0.0953. The number of unbranched alkanes of at least 4 members (excludes halogenated alkanes) is 1. The highest BCUT2D eigenvalue weighted by Gasteiger charge is 2.16. The molecule has 0 bridgehead atoms. The van der Waals surface area contributed by atoms with E-state index in [1.807, 2.05) is 6.92 Å². The van der Waals surface area contributed by atoms with Crippen LogP contribution in [0.3, 0.4) is 0 Å². The van der Waals surface area contributed by atoms with Gasteiger partial charge in [0.2, 0.25) is 10.0 Å². The lowest BCUT2D eigenvalue weighted by atomic mass is 10.2. The van der Waals surface area contributed by atoms with E-state index < -0.39 is 10.0 Å². The van der Waals surface area contributed by atoms with E-state index >= 15 is 0 Å². The summed E-state index contributed by atoms with van der Waals surface area (Å²) in [5.74, 6) is -0.212. The molecular formula is C15H26ClN3O3S. The minimum atomic E-state index is -3.53. The van der Waals surface area contributed by atoms with Gasteiger partial charge in [-0.3, -0.25) is 4.79 Å². The van der Waals surface area contributed by atoms with Crippen LogP contribution in [0.1, 0.15) is 43.5 Å². The second-order valence-electron chi connectivity index (χ2n) is 5.21. The fourth-order valence-corrected chi connectivity index (χ4v) is 3.10. The zero-order valence-electron chi connectivity index (χ0n) is 13.5. The first-order valence-corrected chi connectivity index (χ1v) is 8.99. The number of carbonyl (C=O) groups excluding carboxylic acids is 1. The summed E-state index contributed by atoms with van der Waals surface area (Å²) in [7, 11) is -3.53. The second kappa shape index (κ2) is 10.6. The summed E-state index contributed by atoms with van der Waals surface area (Å²) in [5, 5.41) is 2.77. The number of hydrogen-bond donors (Lipinski definition) is 3. The number of sulfonamides is 1. The molecule has 132 valence electrons. The first kappa shape index (κ1) is 21.9. The molecule has 0 radical (unpaired) electrons. The Kier molecular flexibility index (Phi) is 10.1. The van der Waals surface area contributed by atoms with Gasteiger partial charge < -0.3 is 11.1 Å². The van der Waals surface area contributed by atoms with E-state index in [2.05, 4.69) is 10.0 Å². The van der Waals surface area contributed by atoms with Gasteiger partial charge in [-0.25, -0.2) is 13.1 Å². The monoisotopic (exact) mass is 363 g/mol. The predicted octanol–water partition coefficient (Wildman–Crippen LogP) is 1.65. The van der Waals surface area contributed by atoms with E-state index in [4.69, 9.17) is 5.73 Å². The van der Waals surface area contributed by atoms with Crippen molar-refractivity contribution in [2.45, 2.75) is 44.0 Å². The Morgan fingerprint density at radius 3 is 2.35 bits per heavy atom. The Balaban J connectivity index is 0.00000484. The van der Waals surface area contributed by atoms with E-state index in [1.165, 1.54) is 24.3 Å². The molecule has 1 amide bonds. The molecule has 6 nitrogen and oxygen atoms in total. The number of amides is 1. The maximum atomic E-state index is 12.1. The van der Waals surface area contributed by atoms with Crippen LogP contribution < -0.4 is 15.8 Å². The Labute approximate surface area is 144 Å². The van der Waals surface area contributed by atoms with Crippen molar-refractivity contribution in [2.75, 3.05) is 13.1 Å². The quantitative estimate of drug-likeness (QED) is 0.580. The summed E-state index contributed by atoms with van der Waals surface area (Å²) in [4.78, 5) is 12.0. The molecule has 1 atom stereocenters. The number of rotatable bonds is 9. The molecule has 0 aliphatic rings. The largest absolute Gasteiger partial charge is 0.352 e. The third-order valence-corrected chi connectivity index (χ3v) is 4.92. The molecule has 23 heavy (non-hydrogen) atoms. The number of benzene rings is 1. The smallest absolute Gasteiger partial charge is 0.251 e. The van der Waals surface area contributed by atoms with Gasteiger partial charge in [0.15, 0.2) is 0 Å². The predicted molar refractivity (Wildman–Crippen MR) is 94.4 cm³/mol. The maximum absolute atomic E-state index is 12.1. The molecular weight excluding hydrogens is 338 g/mol. The van der Waals surface area contributed by atoms with Gasteiger partial charge in [-0.2, -0.15) is 0 Å². The van der Waals surface area contributed by atoms with Gasteiger partial charge in [-0.05, 0) is 57.0 Å². The van der Waals surface area contributed by atoms with Gasteiger partial charge >= 0.3 is 0 Å². The van der Waals surface area contributed by atoms with E-state index in [9.17, 15) is 13.2 Å². The molecule has 1 aromatic carbocycles. The molecule has 4 N–H and O–H groups in total. The summed E-state index contributed by atoms with van der Waals surface area (Å²) < 4.78 is 26.8. The van der Waals surface area contributed by atoms with Crippen LogP contribution in [-0.4, -0.2) is 33.5 Å². The lowest BCUT2D eigenvalue weighted by Gasteiger charge is -2.12. The number of hydrogen-bond acceptors (Lipinski definition) is 4. The first-order chi connectivity index (χ1) is 10.4. The topological polar surface area (TPSA) is 101 Å². The van der Waals surface area contributed by atoms with Crippen LogP contribution in [0.25, 0.3) is 0 Å². The van der Waals surface area contributed by atoms with Crippen molar-refractivity contribution in [2.24, 2.45) is 5.73 Å². The molecule has 1 rings (SSSR count). The number of carbonyl (C=O) groups is 1. The average Bonchev–Trinajstić information content (AvgIpc) is 2.51. The lowest BCUT2D eigenvalue weighted by Crippen LogP contribution is -2.32. The van der Waals surface area contributed by atoms with E-state index in [0.717, 1.165) is 12.8 Å². The Morgan fingerprint density at radius 1 is 1.22 bits per heavy atom. The van der Waals surface area contributed by atoms with Crippen LogP contribution >= 0.6 is 12.4 Å². The minimum absolute atomic E-state index is 0. The van der Waals surface area contributed by atoms with Crippen LogP contribution in [0, 0.1) is 0 Å². The van der Waals surface area contributed by atoms with Crippen LogP contribution in [0.2, 0.25) is 0 Å². The molecule has 0 aliphatic carbocycles. The van der Waals surface area contributed by atoms with Gasteiger partial charge in [0.1, 0.15) is 0 Å². The average molecular weight is 364 g/mol. The zero-order valence-corrected chi connectivity index (χ0v) is 15.2. The normalized spacial score (nSPS) is 12.3. The van der Waals surface area contributed by atoms with Crippen LogP contribution in [0.15, 0.2) is 29.2 Å². The summed E-state index contributed by atoms with van der Waals surface area (Å²) in [5.41, 5.74) is 5.82. The Morgan fingerprint density at radius 2 is 1.83 bits per heavy atom. The fourth-order valence-electron chi connectivity index (χ4n) is 1.78. The van der Waals surface area contributed by atoms with Crippen molar-refractivity contribution in [1.29, 1.82) is 0 Å². The Hall–Kier alpha value is -1.15. The molecule has 0 heterocycles. The van der Waals surface area contributed by atoms with Crippen LogP contribution in [-0.2, 0) is 10.0 Å². The molecule has 1 aromatic rings. The highest BCUT2D eigenvalue weighted by atomic mass is 35.5. The van der Waals surface area contributed by atoms with Crippen molar-refractivity contribution in [3.05, 3.63) is 29.8 Å². The molecule has 0 aliphatic heterocycles. The van der Waals surface area contributed by atoms with Crippen molar-refractivity contribution in [3.63, 3.8) is 0 Å². The van der Waals surface area contributed by atoms with Gasteiger partial charge in [0, 0.05) is 18.2 Å². The molecule has 0 saturated carbocycles. The Bertz CT molecular complexity index is 576. The molecule has 0 aromatic heterocycles. The van der Waals surface area contributed by atoms with E-state index in [0.29, 0.717) is 25.1 Å². The second-order valence-corrected chi connectivity index (χ2v) is 6.92. The molecule has 0 saturated heterocycles. The molecule has 0 spiro atoms. The number of nitrogens with two attached hydrogens (primary N) is 1. The number of halogens is 1. The number of nitrogens with one attached hydrogen (secondary N) is 2. The molecule has 0 fully saturated rings. The summed E-state index contributed by atoms with van der Waals surface area (Å²) in [6, 6.07) is 5.79. The van der Waals surface area contributed by atoms with Crippen molar-refractivity contribution < 1.29 is 13.2 Å². The van der Waals surface area contributed by atoms with Gasteiger partial charge in [0.05, 0.1) is 4.90 Å². The van der Waals surface area contributed by atoms with Gasteiger partial charge in [-0.1, -0.05) is 6.92 Å².